The van der Waals surface area contributed by atoms with Gasteiger partial charge in [0.25, 0.3) is 0 Å². The topological polar surface area (TPSA) is 15.3 Å². The Bertz CT molecular complexity index is 556. The van der Waals surface area contributed by atoms with Crippen molar-refractivity contribution in [1.29, 1.82) is 0 Å². The highest BCUT2D eigenvalue weighted by atomic mass is 15.1. The molecular formula is C19H26N2. The summed E-state index contributed by atoms with van der Waals surface area (Å²) in [5.41, 5.74) is 5.14. The summed E-state index contributed by atoms with van der Waals surface area (Å²) in [6.45, 7) is 10.8. The van der Waals surface area contributed by atoms with Gasteiger partial charge >= 0.3 is 0 Å². The average molecular weight is 282 g/mol. The zero-order valence-electron chi connectivity index (χ0n) is 13.6. The van der Waals surface area contributed by atoms with Crippen LogP contribution in [0.25, 0.3) is 0 Å². The van der Waals surface area contributed by atoms with Crippen LogP contribution in [0.1, 0.15) is 37.9 Å². The Balaban J connectivity index is 2.08. The summed E-state index contributed by atoms with van der Waals surface area (Å²) in [5, 5.41) is 3.58. The third-order valence-electron chi connectivity index (χ3n) is 4.03. The zero-order chi connectivity index (χ0) is 15.2. The summed E-state index contributed by atoms with van der Waals surface area (Å²) in [7, 11) is 0. The quantitative estimate of drug-likeness (QED) is 0.800. The highest BCUT2D eigenvalue weighted by Crippen LogP contribution is 2.24. The van der Waals surface area contributed by atoms with Gasteiger partial charge in [0.05, 0.1) is 0 Å². The van der Waals surface area contributed by atoms with Crippen LogP contribution in [-0.4, -0.2) is 13.1 Å². The summed E-state index contributed by atoms with van der Waals surface area (Å²) < 4.78 is 0. The van der Waals surface area contributed by atoms with Crippen LogP contribution in [0.5, 0.6) is 0 Å². The molecule has 0 saturated heterocycles. The van der Waals surface area contributed by atoms with Crippen LogP contribution < -0.4 is 10.2 Å². The van der Waals surface area contributed by atoms with Crippen molar-refractivity contribution < 1.29 is 0 Å². The van der Waals surface area contributed by atoms with Gasteiger partial charge in [-0.05, 0) is 63.1 Å². The molecule has 0 fully saturated rings. The minimum Gasteiger partial charge on any atom is -0.379 e. The van der Waals surface area contributed by atoms with E-state index in [4.69, 9.17) is 0 Å². The Morgan fingerprint density at radius 1 is 0.952 bits per heavy atom. The SMILES string of the molecule is CCN(CC)c1ccc(NC(C)c2ccccc2C)cc1. The first kappa shape index (κ1) is 15.4. The largest absolute Gasteiger partial charge is 0.379 e. The number of nitrogens with zero attached hydrogens (tertiary/aromatic N) is 1. The van der Waals surface area contributed by atoms with E-state index in [1.165, 1.54) is 22.5 Å². The van der Waals surface area contributed by atoms with Gasteiger partial charge in [-0.3, -0.25) is 0 Å². The predicted molar refractivity (Wildman–Crippen MR) is 93.2 cm³/mol. The molecule has 0 heterocycles. The van der Waals surface area contributed by atoms with Gasteiger partial charge in [-0.1, -0.05) is 24.3 Å². The molecule has 0 radical (unpaired) electrons. The molecule has 0 aliphatic carbocycles. The van der Waals surface area contributed by atoms with E-state index in [1.54, 1.807) is 0 Å². The Morgan fingerprint density at radius 3 is 2.14 bits per heavy atom. The minimum atomic E-state index is 0.311. The predicted octanol–water partition coefficient (Wildman–Crippen LogP) is 5.01. The van der Waals surface area contributed by atoms with Crippen LogP contribution in [0.15, 0.2) is 48.5 Å². The monoisotopic (exact) mass is 282 g/mol. The maximum atomic E-state index is 3.58. The fraction of sp³-hybridized carbons (Fsp3) is 0.368. The highest BCUT2D eigenvalue weighted by Gasteiger charge is 2.08. The van der Waals surface area contributed by atoms with Crippen LogP contribution in [-0.2, 0) is 0 Å². The average Bonchev–Trinajstić information content (AvgIpc) is 2.50. The molecule has 0 saturated carbocycles. The fourth-order valence-corrected chi connectivity index (χ4v) is 2.76. The summed E-state index contributed by atoms with van der Waals surface area (Å²) >= 11 is 0. The van der Waals surface area contributed by atoms with Gasteiger partial charge in [0, 0.05) is 30.5 Å². The van der Waals surface area contributed by atoms with E-state index in [1.807, 2.05) is 0 Å². The summed E-state index contributed by atoms with van der Waals surface area (Å²) in [6.07, 6.45) is 0. The van der Waals surface area contributed by atoms with Gasteiger partial charge in [-0.2, -0.15) is 0 Å². The number of aryl methyl sites for hydroxylation is 1. The Morgan fingerprint density at radius 2 is 1.57 bits per heavy atom. The number of hydrogen-bond acceptors (Lipinski definition) is 2. The number of anilines is 2. The first-order valence-corrected chi connectivity index (χ1v) is 7.82. The van der Waals surface area contributed by atoms with E-state index in [-0.39, 0.29) is 0 Å². The van der Waals surface area contributed by atoms with Crippen LogP contribution >= 0.6 is 0 Å². The molecule has 1 N–H and O–H groups in total. The molecule has 112 valence electrons. The molecule has 2 aromatic carbocycles. The van der Waals surface area contributed by atoms with Crippen molar-refractivity contribution in [3.05, 3.63) is 59.7 Å². The molecule has 1 unspecified atom stereocenters. The maximum absolute atomic E-state index is 3.58. The van der Waals surface area contributed by atoms with E-state index in [2.05, 4.69) is 86.4 Å². The standard InChI is InChI=1S/C19H26N2/c1-5-21(6-2)18-13-11-17(12-14-18)20-16(4)19-10-8-7-9-15(19)3/h7-14,16,20H,5-6H2,1-4H3. The lowest BCUT2D eigenvalue weighted by atomic mass is 10.0. The molecule has 0 aromatic heterocycles. The Labute approximate surface area is 128 Å². The van der Waals surface area contributed by atoms with Gasteiger partial charge in [-0.25, -0.2) is 0 Å². The second-order valence-electron chi connectivity index (χ2n) is 5.44. The van der Waals surface area contributed by atoms with Crippen LogP contribution in [0.2, 0.25) is 0 Å². The third kappa shape index (κ3) is 3.78. The van der Waals surface area contributed by atoms with Crippen molar-refractivity contribution in [1.82, 2.24) is 0 Å². The second-order valence-corrected chi connectivity index (χ2v) is 5.44. The summed E-state index contributed by atoms with van der Waals surface area (Å²) in [4.78, 5) is 2.36. The van der Waals surface area contributed by atoms with Crippen molar-refractivity contribution in [3.8, 4) is 0 Å². The van der Waals surface area contributed by atoms with Crippen LogP contribution in [0.3, 0.4) is 0 Å². The molecule has 2 aromatic rings. The van der Waals surface area contributed by atoms with E-state index < -0.39 is 0 Å². The molecule has 2 rings (SSSR count). The molecular weight excluding hydrogens is 256 g/mol. The van der Waals surface area contributed by atoms with Gasteiger partial charge in [0.2, 0.25) is 0 Å². The van der Waals surface area contributed by atoms with Crippen molar-refractivity contribution in [3.63, 3.8) is 0 Å². The van der Waals surface area contributed by atoms with Gasteiger partial charge < -0.3 is 10.2 Å². The fourth-order valence-electron chi connectivity index (χ4n) is 2.76. The number of nitrogens with one attached hydrogen (secondary N) is 1. The molecule has 2 heteroatoms. The van der Waals surface area contributed by atoms with Crippen LogP contribution in [0.4, 0.5) is 11.4 Å². The summed E-state index contributed by atoms with van der Waals surface area (Å²) in [6, 6.07) is 17.6. The second kappa shape index (κ2) is 7.16. The normalized spacial score (nSPS) is 12.0. The number of rotatable bonds is 6. The van der Waals surface area contributed by atoms with E-state index >= 15 is 0 Å². The minimum absolute atomic E-state index is 0.311. The molecule has 1 atom stereocenters. The molecule has 0 bridgehead atoms. The van der Waals surface area contributed by atoms with Gasteiger partial charge in [-0.15, -0.1) is 0 Å². The van der Waals surface area contributed by atoms with E-state index in [0.717, 1.165) is 13.1 Å². The maximum Gasteiger partial charge on any atom is 0.0488 e. The number of hydrogen-bond donors (Lipinski definition) is 1. The number of benzene rings is 2. The molecule has 0 aliphatic heterocycles. The van der Waals surface area contributed by atoms with Crippen molar-refractivity contribution in [2.75, 3.05) is 23.3 Å². The zero-order valence-corrected chi connectivity index (χ0v) is 13.6. The van der Waals surface area contributed by atoms with E-state index in [0.29, 0.717) is 6.04 Å². The van der Waals surface area contributed by atoms with E-state index in [9.17, 15) is 0 Å². The smallest absolute Gasteiger partial charge is 0.0488 e. The van der Waals surface area contributed by atoms with Gasteiger partial charge in [0.15, 0.2) is 0 Å². The first-order valence-electron chi connectivity index (χ1n) is 7.82. The lowest BCUT2D eigenvalue weighted by Crippen LogP contribution is -2.21. The Kier molecular flexibility index (Phi) is 5.26. The van der Waals surface area contributed by atoms with Crippen molar-refractivity contribution >= 4 is 11.4 Å². The summed E-state index contributed by atoms with van der Waals surface area (Å²) in [5.74, 6) is 0. The lowest BCUT2D eigenvalue weighted by molar-refractivity contribution is 0.863. The first-order chi connectivity index (χ1) is 10.2. The lowest BCUT2D eigenvalue weighted by Gasteiger charge is -2.22. The molecule has 2 nitrogen and oxygen atoms in total. The molecule has 0 aliphatic rings. The van der Waals surface area contributed by atoms with Crippen molar-refractivity contribution in [2.24, 2.45) is 0 Å². The van der Waals surface area contributed by atoms with Crippen LogP contribution in [0, 0.1) is 6.92 Å². The van der Waals surface area contributed by atoms with Gasteiger partial charge in [0.1, 0.15) is 0 Å². The third-order valence-corrected chi connectivity index (χ3v) is 4.03. The van der Waals surface area contributed by atoms with Crippen molar-refractivity contribution in [2.45, 2.75) is 33.7 Å². The Hall–Kier alpha value is -1.96. The molecule has 0 amide bonds. The highest BCUT2D eigenvalue weighted by molar-refractivity contribution is 5.56. The molecule has 0 spiro atoms. The molecule has 21 heavy (non-hydrogen) atoms.